The Labute approximate surface area is 114 Å². The van der Waals surface area contributed by atoms with Crippen LogP contribution in [0, 0.1) is 5.92 Å². The molecule has 3 atom stereocenters. The zero-order valence-electron chi connectivity index (χ0n) is 11.8. The number of hydrogen-bond acceptors (Lipinski definition) is 5. The second-order valence-corrected chi connectivity index (χ2v) is 8.28. The fourth-order valence-corrected chi connectivity index (χ4v) is 3.18. The number of amides is 1. The Hall–Kier alpha value is -0.820. The second-order valence-electron chi connectivity index (χ2n) is 6.14. The van der Waals surface area contributed by atoms with Crippen molar-refractivity contribution in [1.29, 1.82) is 0 Å². The molecule has 1 amide bonds. The summed E-state index contributed by atoms with van der Waals surface area (Å²) in [5, 5.41) is 12.4. The van der Waals surface area contributed by atoms with Gasteiger partial charge < -0.3 is 15.2 Å². The minimum Gasteiger partial charge on any atom is -0.444 e. The minimum atomic E-state index is -3.46. The van der Waals surface area contributed by atoms with Crippen molar-refractivity contribution in [3.63, 3.8) is 0 Å². The Bertz CT molecular complexity index is 426. The number of rotatable bonds is 3. The summed E-state index contributed by atoms with van der Waals surface area (Å²) in [6, 6.07) is -0.142. The highest BCUT2D eigenvalue weighted by Crippen LogP contribution is 2.30. The van der Waals surface area contributed by atoms with Crippen molar-refractivity contribution in [2.75, 3.05) is 6.26 Å². The van der Waals surface area contributed by atoms with Crippen LogP contribution in [0.4, 0.5) is 4.79 Å². The van der Waals surface area contributed by atoms with Gasteiger partial charge in [-0.2, -0.15) is 0 Å². The first-order valence-corrected chi connectivity index (χ1v) is 8.31. The highest BCUT2D eigenvalue weighted by atomic mass is 32.2. The summed E-state index contributed by atoms with van der Waals surface area (Å²) in [7, 11) is -3.46. The Morgan fingerprint density at radius 2 is 1.95 bits per heavy atom. The quantitative estimate of drug-likeness (QED) is 0.811. The maximum Gasteiger partial charge on any atom is 0.407 e. The van der Waals surface area contributed by atoms with Crippen molar-refractivity contribution in [2.24, 2.45) is 5.92 Å². The molecule has 0 bridgehead atoms. The maximum atomic E-state index is 11.6. The van der Waals surface area contributed by atoms with Crippen molar-refractivity contribution in [1.82, 2.24) is 5.32 Å². The lowest BCUT2D eigenvalue weighted by Gasteiger charge is -2.22. The molecule has 1 aliphatic rings. The van der Waals surface area contributed by atoms with Crippen LogP contribution in [0.25, 0.3) is 0 Å². The molecule has 0 aromatic heterocycles. The van der Waals surface area contributed by atoms with Crippen molar-refractivity contribution in [2.45, 2.75) is 57.1 Å². The van der Waals surface area contributed by atoms with Crippen molar-refractivity contribution in [3.8, 4) is 0 Å². The average molecular weight is 293 g/mol. The number of carbonyl (C=O) groups excluding carboxylic acids is 1. The van der Waals surface area contributed by atoms with Crippen LogP contribution >= 0.6 is 0 Å². The lowest BCUT2D eigenvalue weighted by Crippen LogP contribution is -2.38. The third-order valence-corrected chi connectivity index (χ3v) is 4.30. The SMILES string of the molecule is CC(C)(C)OC(=O)N[C@@H]1CC[C@@H](C(O)S(C)(=O)=O)C1. The van der Waals surface area contributed by atoms with Crippen LogP contribution in [0.15, 0.2) is 0 Å². The highest BCUT2D eigenvalue weighted by Gasteiger charge is 2.35. The van der Waals surface area contributed by atoms with E-state index in [0.717, 1.165) is 6.26 Å². The maximum absolute atomic E-state index is 11.6. The van der Waals surface area contributed by atoms with E-state index in [1.165, 1.54) is 0 Å². The molecule has 0 aromatic carbocycles. The van der Waals surface area contributed by atoms with Gasteiger partial charge in [-0.3, -0.25) is 0 Å². The summed E-state index contributed by atoms with van der Waals surface area (Å²) in [5.74, 6) is -0.324. The lowest BCUT2D eigenvalue weighted by molar-refractivity contribution is 0.0503. The summed E-state index contributed by atoms with van der Waals surface area (Å²) < 4.78 is 27.7. The molecular weight excluding hydrogens is 270 g/mol. The van der Waals surface area contributed by atoms with E-state index in [-0.39, 0.29) is 12.0 Å². The molecule has 19 heavy (non-hydrogen) atoms. The normalized spacial score (nSPS) is 25.9. The number of alkyl carbamates (subject to hydrolysis) is 1. The molecule has 1 saturated carbocycles. The molecule has 1 aliphatic carbocycles. The van der Waals surface area contributed by atoms with Crippen LogP contribution in [-0.4, -0.2) is 43.0 Å². The molecule has 6 nitrogen and oxygen atoms in total. The number of ether oxygens (including phenoxy) is 1. The van der Waals surface area contributed by atoms with E-state index in [0.29, 0.717) is 19.3 Å². The van der Waals surface area contributed by atoms with Crippen LogP contribution in [0.5, 0.6) is 0 Å². The van der Waals surface area contributed by atoms with Crippen molar-refractivity contribution in [3.05, 3.63) is 0 Å². The van der Waals surface area contributed by atoms with Gasteiger partial charge >= 0.3 is 6.09 Å². The zero-order chi connectivity index (χ0) is 14.8. The first kappa shape index (κ1) is 16.2. The molecule has 0 heterocycles. The van der Waals surface area contributed by atoms with Gasteiger partial charge in [0.15, 0.2) is 15.3 Å². The van der Waals surface area contributed by atoms with Gasteiger partial charge in [0.2, 0.25) is 0 Å². The van der Waals surface area contributed by atoms with Crippen LogP contribution in [0.3, 0.4) is 0 Å². The number of sulfone groups is 1. The standard InChI is InChI=1S/C12H23NO5S/c1-12(2,3)18-11(15)13-9-6-5-8(7-9)10(14)19(4,16)17/h8-10,14H,5-7H2,1-4H3,(H,13,15)/t8-,9-,10?/m1/s1. The van der Waals surface area contributed by atoms with E-state index in [4.69, 9.17) is 4.74 Å². The molecule has 112 valence electrons. The molecule has 1 unspecified atom stereocenters. The smallest absolute Gasteiger partial charge is 0.407 e. The average Bonchev–Trinajstić information content (AvgIpc) is 2.60. The predicted molar refractivity (Wildman–Crippen MR) is 71.3 cm³/mol. The van der Waals surface area contributed by atoms with E-state index in [9.17, 15) is 18.3 Å². The van der Waals surface area contributed by atoms with Crippen molar-refractivity contribution < 1.29 is 23.1 Å². The van der Waals surface area contributed by atoms with Crippen LogP contribution in [0.2, 0.25) is 0 Å². The van der Waals surface area contributed by atoms with Gasteiger partial charge in [0.25, 0.3) is 0 Å². The number of aliphatic hydroxyl groups is 1. The number of nitrogens with one attached hydrogen (secondary N) is 1. The van der Waals surface area contributed by atoms with E-state index in [1.54, 1.807) is 20.8 Å². The van der Waals surface area contributed by atoms with Crippen LogP contribution in [-0.2, 0) is 14.6 Å². The molecular formula is C12H23NO5S. The second kappa shape index (κ2) is 5.66. The van der Waals surface area contributed by atoms with Gasteiger partial charge in [-0.25, -0.2) is 13.2 Å². The minimum absolute atomic E-state index is 0.142. The van der Waals surface area contributed by atoms with E-state index < -0.39 is 27.0 Å². The van der Waals surface area contributed by atoms with E-state index >= 15 is 0 Å². The summed E-state index contributed by atoms with van der Waals surface area (Å²) in [6.07, 6.45) is 2.19. The van der Waals surface area contributed by atoms with Gasteiger partial charge in [0.05, 0.1) is 0 Å². The first-order chi connectivity index (χ1) is 8.49. The first-order valence-electron chi connectivity index (χ1n) is 6.35. The summed E-state index contributed by atoms with van der Waals surface area (Å²) >= 11 is 0. The monoisotopic (exact) mass is 293 g/mol. The fraction of sp³-hybridized carbons (Fsp3) is 0.917. The summed E-state index contributed by atoms with van der Waals surface area (Å²) in [5.41, 5.74) is -1.91. The van der Waals surface area contributed by atoms with Gasteiger partial charge in [-0.05, 0) is 40.0 Å². The Morgan fingerprint density at radius 1 is 1.37 bits per heavy atom. The Kier molecular flexibility index (Phi) is 4.84. The van der Waals surface area contributed by atoms with Gasteiger partial charge in [-0.15, -0.1) is 0 Å². The van der Waals surface area contributed by atoms with Gasteiger partial charge in [-0.1, -0.05) is 0 Å². The van der Waals surface area contributed by atoms with Crippen LogP contribution in [0.1, 0.15) is 40.0 Å². The topological polar surface area (TPSA) is 92.7 Å². The zero-order valence-corrected chi connectivity index (χ0v) is 12.7. The molecule has 0 saturated heterocycles. The molecule has 2 N–H and O–H groups in total. The third kappa shape index (κ3) is 5.36. The van der Waals surface area contributed by atoms with Crippen molar-refractivity contribution >= 4 is 15.9 Å². The Balaban J connectivity index is 2.47. The third-order valence-electron chi connectivity index (χ3n) is 3.04. The number of hydrogen-bond donors (Lipinski definition) is 2. The summed E-state index contributed by atoms with van der Waals surface area (Å²) in [4.78, 5) is 11.6. The van der Waals surface area contributed by atoms with Crippen LogP contribution < -0.4 is 5.32 Å². The summed E-state index contributed by atoms with van der Waals surface area (Å²) in [6.45, 7) is 5.33. The van der Waals surface area contributed by atoms with E-state index in [2.05, 4.69) is 5.32 Å². The largest absolute Gasteiger partial charge is 0.444 e. The number of carbonyl (C=O) groups is 1. The number of aliphatic hydroxyl groups excluding tert-OH is 1. The molecule has 0 spiro atoms. The molecule has 1 rings (SSSR count). The molecule has 0 radical (unpaired) electrons. The van der Waals surface area contributed by atoms with E-state index in [1.807, 2.05) is 0 Å². The molecule has 7 heteroatoms. The molecule has 0 aromatic rings. The fourth-order valence-electron chi connectivity index (χ4n) is 2.23. The van der Waals surface area contributed by atoms with Gasteiger partial charge in [0.1, 0.15) is 5.60 Å². The predicted octanol–water partition coefficient (Wildman–Crippen LogP) is 1.04. The molecule has 1 fully saturated rings. The lowest BCUT2D eigenvalue weighted by atomic mass is 10.1. The highest BCUT2D eigenvalue weighted by molar-refractivity contribution is 7.91. The molecule has 0 aliphatic heterocycles. The van der Waals surface area contributed by atoms with Gasteiger partial charge in [0, 0.05) is 18.2 Å². The Morgan fingerprint density at radius 3 is 2.42 bits per heavy atom.